The predicted molar refractivity (Wildman–Crippen MR) is 120 cm³/mol. The standard InChI is InChI=1S/C19H45FO4Si3/c1-21-27(22-2,23-3)19-14-11-9-8-10-13-17-25(4,5)24-26(6,7)18-15-12-16-20/h8-19H2,1-7H3. The van der Waals surface area contributed by atoms with Gasteiger partial charge in [0.25, 0.3) is 0 Å². The molecule has 0 saturated heterocycles. The smallest absolute Gasteiger partial charge is 0.455 e. The molecular weight excluding hydrogens is 395 g/mol. The lowest BCUT2D eigenvalue weighted by molar-refractivity contribution is 0.122. The Bertz CT molecular complexity index is 359. The van der Waals surface area contributed by atoms with Gasteiger partial charge in [-0.3, -0.25) is 4.39 Å². The van der Waals surface area contributed by atoms with Gasteiger partial charge < -0.3 is 17.4 Å². The van der Waals surface area contributed by atoms with Gasteiger partial charge in [-0.05, 0) is 51.1 Å². The summed E-state index contributed by atoms with van der Waals surface area (Å²) in [5.41, 5.74) is 0. The van der Waals surface area contributed by atoms with Crippen molar-refractivity contribution in [3.05, 3.63) is 0 Å². The molecule has 0 amide bonds. The highest BCUT2D eigenvalue weighted by molar-refractivity contribution is 6.84. The van der Waals surface area contributed by atoms with E-state index in [1.54, 1.807) is 21.3 Å². The summed E-state index contributed by atoms with van der Waals surface area (Å²) in [4.78, 5) is 0. The lowest BCUT2D eigenvalue weighted by Gasteiger charge is -2.34. The van der Waals surface area contributed by atoms with Crippen molar-refractivity contribution in [2.24, 2.45) is 0 Å². The van der Waals surface area contributed by atoms with Crippen molar-refractivity contribution in [1.82, 2.24) is 0 Å². The molecule has 0 saturated carbocycles. The third kappa shape index (κ3) is 13.3. The minimum absolute atomic E-state index is 0.198. The van der Waals surface area contributed by atoms with E-state index in [0.717, 1.165) is 24.9 Å². The molecule has 0 spiro atoms. The Morgan fingerprint density at radius 2 is 0.926 bits per heavy atom. The highest BCUT2D eigenvalue weighted by Gasteiger charge is 2.36. The molecule has 0 heterocycles. The number of hydrogen-bond acceptors (Lipinski definition) is 4. The van der Waals surface area contributed by atoms with Crippen molar-refractivity contribution in [1.29, 1.82) is 0 Å². The van der Waals surface area contributed by atoms with Gasteiger partial charge in [-0.25, -0.2) is 0 Å². The molecule has 0 aliphatic rings. The summed E-state index contributed by atoms with van der Waals surface area (Å²) < 4.78 is 35.3. The van der Waals surface area contributed by atoms with Crippen molar-refractivity contribution in [2.75, 3.05) is 28.0 Å². The summed E-state index contributed by atoms with van der Waals surface area (Å²) in [5.74, 6) is 0. The van der Waals surface area contributed by atoms with Crippen LogP contribution in [0.4, 0.5) is 4.39 Å². The first-order valence-electron chi connectivity index (χ1n) is 10.6. The lowest BCUT2D eigenvalue weighted by atomic mass is 10.1. The van der Waals surface area contributed by atoms with E-state index in [1.165, 1.54) is 38.1 Å². The van der Waals surface area contributed by atoms with E-state index in [4.69, 9.17) is 17.4 Å². The van der Waals surface area contributed by atoms with Crippen LogP contribution in [0, 0.1) is 0 Å². The van der Waals surface area contributed by atoms with Gasteiger partial charge in [-0.1, -0.05) is 38.5 Å². The van der Waals surface area contributed by atoms with Crippen LogP contribution in [0.25, 0.3) is 0 Å². The van der Waals surface area contributed by atoms with Gasteiger partial charge in [0.05, 0.1) is 6.67 Å². The van der Waals surface area contributed by atoms with E-state index in [2.05, 4.69) is 26.2 Å². The maximum Gasteiger partial charge on any atom is 0.500 e. The van der Waals surface area contributed by atoms with Crippen molar-refractivity contribution in [2.45, 2.75) is 95.7 Å². The molecule has 4 nitrogen and oxygen atoms in total. The largest absolute Gasteiger partial charge is 0.500 e. The molecule has 8 heteroatoms. The molecular formula is C19H45FO4Si3. The molecule has 0 aromatic rings. The molecule has 0 aliphatic carbocycles. The van der Waals surface area contributed by atoms with E-state index in [0.29, 0.717) is 6.42 Å². The Morgan fingerprint density at radius 1 is 0.556 bits per heavy atom. The maximum atomic E-state index is 12.3. The highest BCUT2D eigenvalue weighted by atomic mass is 28.4. The first kappa shape index (κ1) is 27.4. The summed E-state index contributed by atoms with van der Waals surface area (Å²) in [6, 6.07) is 3.22. The number of alkyl halides is 1. The highest BCUT2D eigenvalue weighted by Crippen LogP contribution is 2.25. The summed E-state index contributed by atoms with van der Waals surface area (Å²) in [5, 5.41) is 0. The van der Waals surface area contributed by atoms with Crippen molar-refractivity contribution in [3.63, 3.8) is 0 Å². The Hall–Kier alpha value is 0.421. The fourth-order valence-electron chi connectivity index (χ4n) is 3.65. The van der Waals surface area contributed by atoms with Crippen LogP contribution in [0.5, 0.6) is 0 Å². The monoisotopic (exact) mass is 440 g/mol. The van der Waals surface area contributed by atoms with Gasteiger partial charge in [0, 0.05) is 27.4 Å². The van der Waals surface area contributed by atoms with E-state index in [1.807, 2.05) is 0 Å². The fraction of sp³-hybridized carbons (Fsp3) is 1.00. The van der Waals surface area contributed by atoms with Crippen LogP contribution in [0.15, 0.2) is 0 Å². The second-order valence-corrected chi connectivity index (χ2v) is 20.6. The quantitative estimate of drug-likeness (QED) is 0.183. The zero-order chi connectivity index (χ0) is 20.8. The van der Waals surface area contributed by atoms with Gasteiger partial charge in [0.15, 0.2) is 16.6 Å². The van der Waals surface area contributed by atoms with E-state index >= 15 is 0 Å². The van der Waals surface area contributed by atoms with E-state index in [-0.39, 0.29) is 6.67 Å². The Kier molecular flexibility index (Phi) is 14.6. The number of rotatable bonds is 18. The van der Waals surface area contributed by atoms with Crippen LogP contribution in [-0.2, 0) is 17.4 Å². The predicted octanol–water partition coefficient (Wildman–Crippen LogP) is 6.38. The molecule has 0 rings (SSSR count). The maximum absolute atomic E-state index is 12.3. The topological polar surface area (TPSA) is 36.9 Å². The van der Waals surface area contributed by atoms with Crippen LogP contribution >= 0.6 is 0 Å². The molecule has 0 aromatic heterocycles. The van der Waals surface area contributed by atoms with Crippen molar-refractivity contribution >= 4 is 25.4 Å². The van der Waals surface area contributed by atoms with Crippen LogP contribution in [0.1, 0.15) is 51.4 Å². The lowest BCUT2D eigenvalue weighted by Crippen LogP contribution is -2.44. The van der Waals surface area contributed by atoms with Crippen molar-refractivity contribution < 1.29 is 21.8 Å². The number of hydrogen-bond donors (Lipinski definition) is 0. The molecule has 0 bridgehead atoms. The first-order valence-corrected chi connectivity index (χ1v) is 18.7. The molecule has 0 N–H and O–H groups in total. The molecule has 0 aliphatic heterocycles. The van der Waals surface area contributed by atoms with Crippen LogP contribution < -0.4 is 0 Å². The third-order valence-corrected chi connectivity index (χ3v) is 15.5. The normalized spacial score (nSPS) is 13.3. The van der Waals surface area contributed by atoms with Gasteiger partial charge in [0.1, 0.15) is 0 Å². The number of unbranched alkanes of at least 4 members (excludes halogenated alkanes) is 6. The summed E-state index contributed by atoms with van der Waals surface area (Å²) >= 11 is 0. The average Bonchev–Trinajstić information content (AvgIpc) is 2.60. The minimum Gasteiger partial charge on any atom is -0.455 e. The van der Waals surface area contributed by atoms with E-state index < -0.39 is 25.4 Å². The van der Waals surface area contributed by atoms with E-state index in [9.17, 15) is 4.39 Å². The Balaban J connectivity index is 3.87. The Morgan fingerprint density at radius 3 is 1.33 bits per heavy atom. The van der Waals surface area contributed by atoms with Crippen LogP contribution in [-0.4, -0.2) is 53.4 Å². The zero-order valence-electron chi connectivity index (χ0n) is 19.0. The molecule has 0 radical (unpaired) electrons. The van der Waals surface area contributed by atoms with Gasteiger partial charge in [-0.2, -0.15) is 0 Å². The Labute approximate surface area is 171 Å². The number of halogens is 1. The third-order valence-electron chi connectivity index (χ3n) is 5.16. The molecule has 0 atom stereocenters. The van der Waals surface area contributed by atoms with Crippen LogP contribution in [0.3, 0.4) is 0 Å². The average molecular weight is 441 g/mol. The zero-order valence-corrected chi connectivity index (χ0v) is 22.0. The summed E-state index contributed by atoms with van der Waals surface area (Å²) in [6.45, 7) is 9.09. The minimum atomic E-state index is -2.38. The van der Waals surface area contributed by atoms with Gasteiger partial charge >= 0.3 is 8.80 Å². The molecule has 0 aromatic carbocycles. The summed E-state index contributed by atoms with van der Waals surface area (Å²) in [6.07, 6.45) is 9.05. The second-order valence-electron chi connectivity index (χ2n) is 8.68. The molecule has 0 fully saturated rings. The van der Waals surface area contributed by atoms with Gasteiger partial charge in [-0.15, -0.1) is 0 Å². The molecule has 0 unspecified atom stereocenters. The SMILES string of the molecule is CO[Si](CCCCCCCC[Si](C)(C)O[Si](C)(C)CCCCF)(OC)OC. The first-order chi connectivity index (χ1) is 12.7. The second kappa shape index (κ2) is 14.4. The fourth-order valence-corrected chi connectivity index (χ4v) is 14.4. The van der Waals surface area contributed by atoms with Crippen molar-refractivity contribution in [3.8, 4) is 0 Å². The molecule has 27 heavy (non-hydrogen) atoms. The summed E-state index contributed by atoms with van der Waals surface area (Å²) in [7, 11) is -0.562. The molecule has 164 valence electrons. The van der Waals surface area contributed by atoms with Gasteiger partial charge in [0.2, 0.25) is 0 Å². The van der Waals surface area contributed by atoms with Crippen LogP contribution in [0.2, 0.25) is 44.3 Å².